The SMILES string of the molecule is CCNC(=NCCN1CCCN(C)CC1)NCCOc1ccc(OC)cc1.I. The molecule has 0 spiro atoms. The number of hydrogen-bond acceptors (Lipinski definition) is 5. The fourth-order valence-electron chi connectivity index (χ4n) is 2.98. The van der Waals surface area contributed by atoms with Crippen LogP contribution in [0.1, 0.15) is 13.3 Å². The van der Waals surface area contributed by atoms with Crippen LogP contribution in [0.15, 0.2) is 29.3 Å². The van der Waals surface area contributed by atoms with Crippen molar-refractivity contribution in [1.29, 1.82) is 0 Å². The summed E-state index contributed by atoms with van der Waals surface area (Å²) in [4.78, 5) is 9.60. The minimum Gasteiger partial charge on any atom is -0.497 e. The van der Waals surface area contributed by atoms with Crippen LogP contribution in [-0.4, -0.2) is 88.9 Å². The minimum atomic E-state index is 0. The molecule has 160 valence electrons. The van der Waals surface area contributed by atoms with Crippen LogP contribution in [0.3, 0.4) is 0 Å². The summed E-state index contributed by atoms with van der Waals surface area (Å²) in [6.45, 7) is 10.6. The number of methoxy groups -OCH3 is 1. The average Bonchev–Trinajstić information content (AvgIpc) is 2.90. The van der Waals surface area contributed by atoms with Crippen molar-refractivity contribution in [2.75, 3.05) is 73.1 Å². The molecule has 1 aromatic carbocycles. The Morgan fingerprint density at radius 3 is 2.54 bits per heavy atom. The van der Waals surface area contributed by atoms with Gasteiger partial charge in [-0.3, -0.25) is 4.99 Å². The summed E-state index contributed by atoms with van der Waals surface area (Å²) in [7, 11) is 3.86. The van der Waals surface area contributed by atoms with E-state index in [1.165, 1.54) is 19.5 Å². The van der Waals surface area contributed by atoms with Gasteiger partial charge in [-0.05, 0) is 57.7 Å². The summed E-state index contributed by atoms with van der Waals surface area (Å²) < 4.78 is 10.9. The van der Waals surface area contributed by atoms with Gasteiger partial charge in [-0.2, -0.15) is 0 Å². The number of guanidine groups is 1. The van der Waals surface area contributed by atoms with Crippen LogP contribution < -0.4 is 20.1 Å². The summed E-state index contributed by atoms with van der Waals surface area (Å²) in [5.41, 5.74) is 0. The molecule has 1 aromatic rings. The predicted octanol–water partition coefficient (Wildman–Crippen LogP) is 1.88. The maximum atomic E-state index is 5.74. The van der Waals surface area contributed by atoms with Gasteiger partial charge < -0.3 is 29.9 Å². The first-order chi connectivity index (χ1) is 13.2. The van der Waals surface area contributed by atoms with Gasteiger partial charge >= 0.3 is 0 Å². The Morgan fingerprint density at radius 2 is 1.82 bits per heavy atom. The monoisotopic (exact) mass is 505 g/mol. The molecule has 0 aromatic heterocycles. The molecular weight excluding hydrogens is 469 g/mol. The Balaban J connectivity index is 0.00000392. The molecule has 1 fully saturated rings. The van der Waals surface area contributed by atoms with Gasteiger partial charge in [0.25, 0.3) is 0 Å². The van der Waals surface area contributed by atoms with E-state index < -0.39 is 0 Å². The molecule has 0 bridgehead atoms. The zero-order valence-corrected chi connectivity index (χ0v) is 19.8. The Bertz CT molecular complexity index is 556. The van der Waals surface area contributed by atoms with E-state index in [1.807, 2.05) is 24.3 Å². The van der Waals surface area contributed by atoms with E-state index >= 15 is 0 Å². The highest BCUT2D eigenvalue weighted by molar-refractivity contribution is 14.0. The molecule has 7 nitrogen and oxygen atoms in total. The molecule has 0 aliphatic carbocycles. The number of aliphatic imine (C=N–C) groups is 1. The highest BCUT2D eigenvalue weighted by Crippen LogP contribution is 2.16. The lowest BCUT2D eigenvalue weighted by molar-refractivity contribution is 0.283. The molecule has 1 aliphatic heterocycles. The van der Waals surface area contributed by atoms with Crippen LogP contribution in [0.5, 0.6) is 11.5 Å². The fourth-order valence-corrected chi connectivity index (χ4v) is 2.98. The van der Waals surface area contributed by atoms with Crippen molar-refractivity contribution >= 4 is 29.9 Å². The van der Waals surface area contributed by atoms with E-state index in [0.29, 0.717) is 13.2 Å². The van der Waals surface area contributed by atoms with Crippen molar-refractivity contribution in [1.82, 2.24) is 20.4 Å². The molecule has 0 unspecified atom stereocenters. The third-order valence-electron chi connectivity index (χ3n) is 4.57. The largest absolute Gasteiger partial charge is 0.497 e. The Hall–Kier alpha value is -1.26. The summed E-state index contributed by atoms with van der Waals surface area (Å²) in [5.74, 6) is 2.52. The molecule has 2 rings (SSSR count). The summed E-state index contributed by atoms with van der Waals surface area (Å²) in [6.07, 6.45) is 1.24. The molecular formula is C20H36IN5O2. The highest BCUT2D eigenvalue weighted by Gasteiger charge is 2.11. The Kier molecular flexibility index (Phi) is 13.0. The van der Waals surface area contributed by atoms with E-state index in [-0.39, 0.29) is 24.0 Å². The van der Waals surface area contributed by atoms with Gasteiger partial charge in [0, 0.05) is 26.2 Å². The first kappa shape index (κ1) is 24.8. The molecule has 0 saturated carbocycles. The molecule has 1 saturated heterocycles. The molecule has 0 amide bonds. The highest BCUT2D eigenvalue weighted by atomic mass is 127. The number of halogens is 1. The quantitative estimate of drug-likeness (QED) is 0.232. The van der Waals surface area contributed by atoms with Crippen LogP contribution in [0, 0.1) is 0 Å². The molecule has 1 heterocycles. The molecule has 0 radical (unpaired) electrons. The van der Waals surface area contributed by atoms with Crippen molar-refractivity contribution < 1.29 is 9.47 Å². The zero-order chi connectivity index (χ0) is 19.3. The predicted molar refractivity (Wildman–Crippen MR) is 126 cm³/mol. The van der Waals surface area contributed by atoms with Crippen LogP contribution in [0.25, 0.3) is 0 Å². The van der Waals surface area contributed by atoms with Gasteiger partial charge in [0.15, 0.2) is 5.96 Å². The first-order valence-electron chi connectivity index (χ1n) is 9.91. The van der Waals surface area contributed by atoms with E-state index in [4.69, 9.17) is 14.5 Å². The van der Waals surface area contributed by atoms with Crippen LogP contribution in [0.4, 0.5) is 0 Å². The number of hydrogen-bond donors (Lipinski definition) is 2. The number of rotatable bonds is 9. The Morgan fingerprint density at radius 1 is 1.07 bits per heavy atom. The third-order valence-corrected chi connectivity index (χ3v) is 4.57. The van der Waals surface area contributed by atoms with Gasteiger partial charge in [-0.25, -0.2) is 0 Å². The van der Waals surface area contributed by atoms with E-state index in [0.717, 1.165) is 50.2 Å². The van der Waals surface area contributed by atoms with Crippen LogP contribution >= 0.6 is 24.0 Å². The maximum absolute atomic E-state index is 5.74. The van der Waals surface area contributed by atoms with Crippen LogP contribution in [0.2, 0.25) is 0 Å². The second-order valence-electron chi connectivity index (χ2n) is 6.71. The molecule has 28 heavy (non-hydrogen) atoms. The third kappa shape index (κ3) is 9.79. The minimum absolute atomic E-state index is 0. The molecule has 2 N–H and O–H groups in total. The topological polar surface area (TPSA) is 61.4 Å². The summed E-state index contributed by atoms with van der Waals surface area (Å²) in [5, 5.41) is 6.63. The number of nitrogens with zero attached hydrogens (tertiary/aromatic N) is 3. The number of nitrogens with one attached hydrogen (secondary N) is 2. The van der Waals surface area contributed by atoms with Gasteiger partial charge in [0.1, 0.15) is 18.1 Å². The summed E-state index contributed by atoms with van der Waals surface area (Å²) in [6, 6.07) is 7.62. The first-order valence-corrected chi connectivity index (χ1v) is 9.91. The smallest absolute Gasteiger partial charge is 0.191 e. The van der Waals surface area contributed by atoms with Crippen LogP contribution in [-0.2, 0) is 0 Å². The van der Waals surface area contributed by atoms with Gasteiger partial charge in [0.05, 0.1) is 20.2 Å². The number of benzene rings is 1. The molecule has 8 heteroatoms. The van der Waals surface area contributed by atoms with E-state index in [2.05, 4.69) is 34.4 Å². The normalized spacial score (nSPS) is 16.0. The second kappa shape index (κ2) is 14.7. The van der Waals surface area contributed by atoms with Gasteiger partial charge in [-0.15, -0.1) is 24.0 Å². The Labute approximate surface area is 186 Å². The number of ether oxygens (including phenoxy) is 2. The lowest BCUT2D eigenvalue weighted by Gasteiger charge is -2.19. The standard InChI is InChI=1S/C20H35N5O2.HI/c1-4-21-20(22-10-14-25-13-5-12-24(2)15-16-25)23-11-17-27-19-8-6-18(26-3)7-9-19;/h6-9H,4-5,10-17H2,1-3H3,(H2,21,22,23);1H. The number of likely N-dealkylation sites (N-methyl/N-ethyl adjacent to an activating group) is 1. The van der Waals surface area contributed by atoms with Crippen molar-refractivity contribution in [3.05, 3.63) is 24.3 Å². The van der Waals surface area contributed by atoms with E-state index in [9.17, 15) is 0 Å². The lowest BCUT2D eigenvalue weighted by atomic mass is 10.3. The van der Waals surface area contributed by atoms with Crippen molar-refractivity contribution in [3.8, 4) is 11.5 Å². The van der Waals surface area contributed by atoms with Gasteiger partial charge in [0.2, 0.25) is 0 Å². The van der Waals surface area contributed by atoms with Crippen molar-refractivity contribution in [2.24, 2.45) is 4.99 Å². The van der Waals surface area contributed by atoms with Crippen molar-refractivity contribution in [3.63, 3.8) is 0 Å². The van der Waals surface area contributed by atoms with E-state index in [1.54, 1.807) is 7.11 Å². The summed E-state index contributed by atoms with van der Waals surface area (Å²) >= 11 is 0. The average molecular weight is 505 g/mol. The van der Waals surface area contributed by atoms with Gasteiger partial charge in [-0.1, -0.05) is 0 Å². The second-order valence-corrected chi connectivity index (χ2v) is 6.71. The molecule has 1 aliphatic rings. The zero-order valence-electron chi connectivity index (χ0n) is 17.4. The van der Waals surface area contributed by atoms with Crippen molar-refractivity contribution in [2.45, 2.75) is 13.3 Å². The molecule has 0 atom stereocenters. The maximum Gasteiger partial charge on any atom is 0.191 e. The fraction of sp³-hybridized carbons (Fsp3) is 0.650. The lowest BCUT2D eigenvalue weighted by Crippen LogP contribution is -2.40.